The number of hydrogen-bond acceptors (Lipinski definition) is 4. The molecule has 1 N–H and O–H groups in total. The second-order valence-corrected chi connectivity index (χ2v) is 6.24. The van der Waals surface area contributed by atoms with Gasteiger partial charge in [0.2, 0.25) is 6.79 Å². The number of nitrogens with zero attached hydrogens (tertiary/aromatic N) is 1. The van der Waals surface area contributed by atoms with Gasteiger partial charge < -0.3 is 14.6 Å². The molecule has 0 amide bonds. The molecule has 1 saturated heterocycles. The van der Waals surface area contributed by atoms with Gasteiger partial charge in [-0.25, -0.2) is 0 Å². The highest BCUT2D eigenvalue weighted by atomic mass is 16.7. The molecule has 2 bridgehead atoms. The average Bonchev–Trinajstić information content (AvgIpc) is 2.99. The monoisotopic (exact) mass is 271 g/mol. The first kappa shape index (κ1) is 11.2. The summed E-state index contributed by atoms with van der Waals surface area (Å²) in [6.07, 6.45) is 6.37. The largest absolute Gasteiger partial charge is 0.454 e. The van der Waals surface area contributed by atoms with E-state index in [0.717, 1.165) is 37.4 Å². The molecule has 0 radical (unpaired) electrons. The molecule has 20 heavy (non-hydrogen) atoms. The van der Waals surface area contributed by atoms with Crippen LogP contribution in [0.3, 0.4) is 0 Å². The van der Waals surface area contributed by atoms with Gasteiger partial charge in [0.25, 0.3) is 0 Å². The van der Waals surface area contributed by atoms with Crippen LogP contribution in [-0.2, 0) is 12.0 Å². The molecule has 1 aromatic rings. The van der Waals surface area contributed by atoms with E-state index in [-0.39, 0.29) is 11.5 Å². The second kappa shape index (κ2) is 3.57. The molecular weight excluding hydrogens is 254 g/mol. The Bertz CT molecular complexity index is 626. The molecule has 4 aliphatic rings. The van der Waals surface area contributed by atoms with E-state index in [9.17, 15) is 5.11 Å². The number of allylic oxidation sites excluding steroid dienone is 1. The van der Waals surface area contributed by atoms with E-state index in [1.54, 1.807) is 0 Å². The minimum absolute atomic E-state index is 0.243. The maximum Gasteiger partial charge on any atom is 0.231 e. The van der Waals surface area contributed by atoms with Gasteiger partial charge in [-0.3, -0.25) is 4.90 Å². The van der Waals surface area contributed by atoms with Gasteiger partial charge in [0.15, 0.2) is 11.5 Å². The van der Waals surface area contributed by atoms with Crippen LogP contribution in [0.5, 0.6) is 11.5 Å². The second-order valence-electron chi connectivity index (χ2n) is 6.24. The van der Waals surface area contributed by atoms with Crippen molar-refractivity contribution in [3.05, 3.63) is 35.4 Å². The summed E-state index contributed by atoms with van der Waals surface area (Å²) >= 11 is 0. The highest BCUT2D eigenvalue weighted by Crippen LogP contribution is 2.53. The van der Waals surface area contributed by atoms with Crippen LogP contribution in [0.1, 0.15) is 24.0 Å². The highest BCUT2D eigenvalue weighted by molar-refractivity contribution is 5.56. The average molecular weight is 271 g/mol. The molecule has 1 aromatic carbocycles. The molecule has 1 aliphatic carbocycles. The molecule has 3 aliphatic heterocycles. The number of ether oxygens (including phenoxy) is 2. The lowest BCUT2D eigenvalue weighted by Crippen LogP contribution is -2.49. The molecule has 0 aromatic heterocycles. The van der Waals surface area contributed by atoms with Crippen LogP contribution >= 0.6 is 0 Å². The SMILES string of the molecule is O[C@@H]1CN2Cc3cc4c(cc3[C@]13C=CCC[C@H]23)OCO4. The zero-order valence-corrected chi connectivity index (χ0v) is 11.2. The Morgan fingerprint density at radius 3 is 3.00 bits per heavy atom. The molecule has 4 heteroatoms. The van der Waals surface area contributed by atoms with Gasteiger partial charge in [0.1, 0.15) is 0 Å². The van der Waals surface area contributed by atoms with Gasteiger partial charge in [0.05, 0.1) is 11.5 Å². The number of rotatable bonds is 0. The van der Waals surface area contributed by atoms with Crippen LogP contribution in [0.2, 0.25) is 0 Å². The zero-order valence-electron chi connectivity index (χ0n) is 11.2. The minimum Gasteiger partial charge on any atom is -0.454 e. The van der Waals surface area contributed by atoms with Crippen molar-refractivity contribution in [2.24, 2.45) is 0 Å². The van der Waals surface area contributed by atoms with E-state index in [2.05, 4.69) is 29.2 Å². The zero-order chi connectivity index (χ0) is 13.3. The summed E-state index contributed by atoms with van der Waals surface area (Å²) in [5.74, 6) is 1.66. The standard InChI is InChI=1S/C16H17NO3/c18-15-8-17-7-10-5-12-13(20-9-19-12)6-11(10)16(15)4-2-1-3-14(16)17/h2,4-6,14-15,18H,1,3,7-9H2/t14-,15+,16-/m0/s1. The number of benzene rings is 1. The van der Waals surface area contributed by atoms with Crippen LogP contribution in [0, 0.1) is 0 Å². The summed E-state index contributed by atoms with van der Waals surface area (Å²) < 4.78 is 11.0. The summed E-state index contributed by atoms with van der Waals surface area (Å²) in [6.45, 7) is 1.97. The minimum atomic E-state index is -0.328. The van der Waals surface area contributed by atoms with E-state index in [4.69, 9.17) is 9.47 Å². The first-order valence-electron chi connectivity index (χ1n) is 7.32. The number of hydrogen-bond donors (Lipinski definition) is 1. The van der Waals surface area contributed by atoms with Gasteiger partial charge in [-0.15, -0.1) is 0 Å². The van der Waals surface area contributed by atoms with Crippen LogP contribution in [0.15, 0.2) is 24.3 Å². The smallest absolute Gasteiger partial charge is 0.231 e. The van der Waals surface area contributed by atoms with Crippen molar-refractivity contribution in [3.8, 4) is 11.5 Å². The molecular formula is C16H17NO3. The maximum atomic E-state index is 10.7. The molecule has 1 fully saturated rings. The topological polar surface area (TPSA) is 41.9 Å². The van der Waals surface area contributed by atoms with Crippen molar-refractivity contribution in [1.29, 1.82) is 0 Å². The lowest BCUT2D eigenvalue weighted by atomic mass is 9.66. The maximum absolute atomic E-state index is 10.7. The first-order chi connectivity index (χ1) is 9.79. The fourth-order valence-corrected chi connectivity index (χ4v) is 4.56. The van der Waals surface area contributed by atoms with Crippen molar-refractivity contribution in [2.75, 3.05) is 13.3 Å². The molecule has 0 saturated carbocycles. The number of fused-ring (bicyclic) bond motifs is 2. The summed E-state index contributed by atoms with van der Waals surface area (Å²) in [5.41, 5.74) is 2.27. The van der Waals surface area contributed by atoms with Crippen molar-refractivity contribution in [1.82, 2.24) is 4.90 Å². The van der Waals surface area contributed by atoms with Crippen molar-refractivity contribution in [2.45, 2.75) is 36.9 Å². The normalized spacial score (nSPS) is 39.5. The number of aliphatic hydroxyl groups excluding tert-OH is 1. The van der Waals surface area contributed by atoms with Gasteiger partial charge >= 0.3 is 0 Å². The van der Waals surface area contributed by atoms with Crippen LogP contribution < -0.4 is 9.47 Å². The highest BCUT2D eigenvalue weighted by Gasteiger charge is 2.57. The quantitative estimate of drug-likeness (QED) is 0.727. The Balaban J connectivity index is 1.78. The van der Waals surface area contributed by atoms with E-state index in [1.165, 1.54) is 11.1 Å². The molecule has 5 rings (SSSR count). The van der Waals surface area contributed by atoms with Crippen molar-refractivity contribution < 1.29 is 14.6 Å². The van der Waals surface area contributed by atoms with Crippen LogP contribution in [-0.4, -0.2) is 35.5 Å². The predicted molar refractivity (Wildman–Crippen MR) is 72.8 cm³/mol. The third kappa shape index (κ3) is 1.15. The Morgan fingerprint density at radius 1 is 1.25 bits per heavy atom. The molecule has 104 valence electrons. The third-order valence-electron chi connectivity index (χ3n) is 5.39. The van der Waals surface area contributed by atoms with Crippen molar-refractivity contribution >= 4 is 0 Å². The van der Waals surface area contributed by atoms with E-state index in [0.29, 0.717) is 12.8 Å². The molecule has 3 heterocycles. The Labute approximate surface area is 117 Å². The molecule has 1 unspecified atom stereocenters. The van der Waals surface area contributed by atoms with Crippen LogP contribution in [0.25, 0.3) is 0 Å². The van der Waals surface area contributed by atoms with Crippen LogP contribution in [0.4, 0.5) is 0 Å². The lowest BCUT2D eigenvalue weighted by Gasteiger charge is -2.45. The number of aliphatic hydroxyl groups is 1. The van der Waals surface area contributed by atoms with Gasteiger partial charge in [-0.1, -0.05) is 12.2 Å². The Morgan fingerprint density at radius 2 is 2.10 bits per heavy atom. The van der Waals surface area contributed by atoms with E-state index < -0.39 is 0 Å². The fraction of sp³-hybridized carbons (Fsp3) is 0.500. The fourth-order valence-electron chi connectivity index (χ4n) is 4.56. The molecule has 0 spiro atoms. The Kier molecular flexibility index (Phi) is 1.99. The van der Waals surface area contributed by atoms with Gasteiger partial charge in [0, 0.05) is 19.1 Å². The summed E-state index contributed by atoms with van der Waals surface area (Å²) in [4.78, 5) is 2.43. The van der Waals surface area contributed by atoms with E-state index in [1.807, 2.05) is 0 Å². The van der Waals surface area contributed by atoms with Gasteiger partial charge in [-0.05, 0) is 36.1 Å². The predicted octanol–water partition coefficient (Wildman–Crippen LogP) is 1.56. The van der Waals surface area contributed by atoms with E-state index >= 15 is 0 Å². The molecule has 4 atom stereocenters. The lowest BCUT2D eigenvalue weighted by molar-refractivity contribution is 0.130. The Hall–Kier alpha value is -1.52. The third-order valence-corrected chi connectivity index (χ3v) is 5.39. The first-order valence-corrected chi connectivity index (χ1v) is 7.32. The van der Waals surface area contributed by atoms with Crippen molar-refractivity contribution in [3.63, 3.8) is 0 Å². The summed E-state index contributed by atoms with van der Waals surface area (Å²) in [6, 6.07) is 4.63. The molecule has 4 nitrogen and oxygen atoms in total. The summed E-state index contributed by atoms with van der Waals surface area (Å²) in [7, 11) is 0. The van der Waals surface area contributed by atoms with Gasteiger partial charge in [-0.2, -0.15) is 0 Å². The summed E-state index contributed by atoms with van der Waals surface area (Å²) in [5, 5.41) is 10.7.